The second kappa shape index (κ2) is 7.16. The van der Waals surface area contributed by atoms with Crippen LogP contribution in [0.2, 0.25) is 0 Å². The van der Waals surface area contributed by atoms with Crippen LogP contribution < -0.4 is 11.5 Å². The molecule has 1 aromatic carbocycles. The first-order chi connectivity index (χ1) is 16.5. The highest BCUT2D eigenvalue weighted by Gasteiger charge is 2.48. The van der Waals surface area contributed by atoms with Crippen molar-refractivity contribution in [1.82, 2.24) is 15.0 Å². The minimum Gasteiger partial charge on any atom is -0.397 e. The number of pyridine rings is 1. The smallest absolute Gasteiger partial charge is 0.269 e. The molecule has 9 nitrogen and oxygen atoms in total. The first-order valence-corrected chi connectivity index (χ1v) is 10.2. The van der Waals surface area contributed by atoms with Crippen LogP contribution in [0.5, 0.6) is 0 Å². The molecule has 5 N–H and O–H groups in total. The van der Waals surface area contributed by atoms with Gasteiger partial charge in [-0.05, 0) is 36.5 Å². The summed E-state index contributed by atoms with van der Waals surface area (Å²) in [6, 6.07) is 10.4. The molecule has 1 saturated heterocycles. The van der Waals surface area contributed by atoms with Crippen LogP contribution in [-0.4, -0.2) is 45.5 Å². The molecule has 2 amide bonds. The first kappa shape index (κ1) is 16.9. The normalized spacial score (nSPS) is 22.5. The minimum atomic E-state index is -2.66. The lowest BCUT2D eigenvalue weighted by molar-refractivity contribution is -0.144. The number of anilines is 1. The maximum Gasteiger partial charge on any atom is 0.269 e. The standard InChI is InChI=1S/C23H23N5O4/c1-28-8-7-23(31,22(28)30)18-11-17(27-32-18)14-4-2-3-13(9-14)16-10-15(12-5-6-12)19(24)20(26-16)21(25)29/h2-4,9-12,31H,5-8,24H2,1H3,(H2,25,29)/t23-/m1/s1/i1D3. The number of likely N-dealkylation sites (N-methyl/N-ethyl adjacent to an activating group) is 1. The molecule has 2 fully saturated rings. The van der Waals surface area contributed by atoms with Crippen molar-refractivity contribution in [3.05, 3.63) is 53.4 Å². The number of hydrogen-bond donors (Lipinski definition) is 3. The Morgan fingerprint density at radius 1 is 1.28 bits per heavy atom. The molecular formula is C23H23N5O4. The predicted octanol–water partition coefficient (Wildman–Crippen LogP) is 2.01. The van der Waals surface area contributed by atoms with E-state index < -0.39 is 24.4 Å². The number of aromatic nitrogens is 2. The molecule has 2 aliphatic rings. The van der Waals surface area contributed by atoms with E-state index in [0.29, 0.717) is 33.1 Å². The third-order valence-electron chi connectivity index (χ3n) is 6.01. The Kier molecular flexibility index (Phi) is 3.79. The zero-order valence-electron chi connectivity index (χ0n) is 20.0. The van der Waals surface area contributed by atoms with E-state index in [1.165, 1.54) is 6.07 Å². The molecular weight excluding hydrogens is 410 g/mol. The maximum atomic E-state index is 12.6. The number of aliphatic hydroxyl groups is 1. The van der Waals surface area contributed by atoms with Gasteiger partial charge in [-0.1, -0.05) is 23.4 Å². The summed E-state index contributed by atoms with van der Waals surface area (Å²) < 4.78 is 27.7. The van der Waals surface area contributed by atoms with Gasteiger partial charge in [-0.25, -0.2) is 4.98 Å². The highest BCUT2D eigenvalue weighted by molar-refractivity contribution is 5.97. The lowest BCUT2D eigenvalue weighted by Gasteiger charge is -2.16. The molecule has 5 rings (SSSR count). The SMILES string of the molecule is [2H]C([2H])([2H])N1CC[C@@](O)(c2cc(-c3cccc(-c4cc(C5CC5)c(N)c(C(N)=O)n4)c3)no2)C1=O. The molecule has 1 aliphatic carbocycles. The van der Waals surface area contributed by atoms with E-state index in [2.05, 4.69) is 10.1 Å². The molecule has 0 radical (unpaired) electrons. The number of hydrogen-bond acceptors (Lipinski definition) is 7. The molecule has 1 aliphatic heterocycles. The Labute approximate surface area is 188 Å². The van der Waals surface area contributed by atoms with Crippen LogP contribution in [0.3, 0.4) is 0 Å². The summed E-state index contributed by atoms with van der Waals surface area (Å²) >= 11 is 0. The van der Waals surface area contributed by atoms with E-state index in [0.717, 1.165) is 18.4 Å². The molecule has 3 aromatic rings. The van der Waals surface area contributed by atoms with Gasteiger partial charge >= 0.3 is 0 Å². The maximum absolute atomic E-state index is 12.6. The second-order valence-electron chi connectivity index (χ2n) is 8.22. The molecule has 1 saturated carbocycles. The fourth-order valence-electron chi connectivity index (χ4n) is 4.02. The first-order valence-electron chi connectivity index (χ1n) is 11.7. The fraction of sp³-hybridized carbons (Fsp3) is 0.304. The topological polar surface area (TPSA) is 149 Å². The molecule has 9 heteroatoms. The number of carbonyl (C=O) groups is 2. The van der Waals surface area contributed by atoms with Crippen molar-refractivity contribution in [1.29, 1.82) is 0 Å². The van der Waals surface area contributed by atoms with E-state index in [1.807, 2.05) is 12.1 Å². The number of nitrogen functional groups attached to an aromatic ring is 1. The number of amides is 2. The third kappa shape index (κ3) is 3.21. The lowest BCUT2D eigenvalue weighted by atomic mass is 9.97. The van der Waals surface area contributed by atoms with Gasteiger partial charge in [0.05, 0.1) is 11.4 Å². The van der Waals surface area contributed by atoms with Gasteiger partial charge in [-0.15, -0.1) is 0 Å². The quantitative estimate of drug-likeness (QED) is 0.554. The Hall–Kier alpha value is -3.72. The Bertz CT molecular complexity index is 1350. The largest absolute Gasteiger partial charge is 0.397 e. The van der Waals surface area contributed by atoms with Crippen molar-refractivity contribution in [2.24, 2.45) is 5.73 Å². The number of likely N-dealkylation sites (tertiary alicyclic amines) is 1. The zero-order chi connectivity index (χ0) is 25.1. The van der Waals surface area contributed by atoms with Crippen LogP contribution >= 0.6 is 0 Å². The van der Waals surface area contributed by atoms with Gasteiger partial charge in [0.15, 0.2) is 11.5 Å². The number of primary amides is 1. The summed E-state index contributed by atoms with van der Waals surface area (Å²) in [5.41, 5.74) is 12.9. The number of nitrogens with zero attached hydrogens (tertiary/aromatic N) is 3. The highest BCUT2D eigenvalue weighted by Crippen LogP contribution is 2.44. The third-order valence-corrected chi connectivity index (χ3v) is 6.01. The predicted molar refractivity (Wildman–Crippen MR) is 116 cm³/mol. The zero-order valence-corrected chi connectivity index (χ0v) is 17.0. The van der Waals surface area contributed by atoms with Gasteiger partial charge in [0, 0.05) is 41.2 Å². The van der Waals surface area contributed by atoms with E-state index >= 15 is 0 Å². The summed E-state index contributed by atoms with van der Waals surface area (Å²) in [5.74, 6) is -1.52. The van der Waals surface area contributed by atoms with Gasteiger partial charge in [-0.2, -0.15) is 0 Å². The van der Waals surface area contributed by atoms with Crippen molar-refractivity contribution in [2.45, 2.75) is 30.8 Å². The van der Waals surface area contributed by atoms with E-state index in [4.69, 9.17) is 20.1 Å². The molecule has 164 valence electrons. The van der Waals surface area contributed by atoms with Crippen molar-refractivity contribution < 1.29 is 23.3 Å². The molecule has 3 heterocycles. The Morgan fingerprint density at radius 2 is 2.03 bits per heavy atom. The molecule has 0 unspecified atom stereocenters. The van der Waals surface area contributed by atoms with Crippen LogP contribution in [0.1, 0.15) is 51.1 Å². The van der Waals surface area contributed by atoms with Crippen LogP contribution in [-0.2, 0) is 10.4 Å². The second-order valence-corrected chi connectivity index (χ2v) is 8.22. The minimum absolute atomic E-state index is 0.0271. The van der Waals surface area contributed by atoms with Crippen molar-refractivity contribution in [3.8, 4) is 22.5 Å². The Morgan fingerprint density at radius 3 is 2.69 bits per heavy atom. The molecule has 32 heavy (non-hydrogen) atoms. The fourth-order valence-corrected chi connectivity index (χ4v) is 4.02. The number of benzene rings is 1. The highest BCUT2D eigenvalue weighted by atomic mass is 16.5. The van der Waals surface area contributed by atoms with Crippen molar-refractivity contribution in [3.63, 3.8) is 0 Å². The molecule has 0 spiro atoms. The van der Waals surface area contributed by atoms with Crippen LogP contribution in [0.15, 0.2) is 40.9 Å². The van der Waals surface area contributed by atoms with Crippen LogP contribution in [0.25, 0.3) is 22.5 Å². The summed E-state index contributed by atoms with van der Waals surface area (Å²) in [4.78, 5) is 29.6. The average Bonchev–Trinajstić information content (AvgIpc) is 3.43. The van der Waals surface area contributed by atoms with E-state index in [9.17, 15) is 14.7 Å². The number of nitrogens with two attached hydrogens (primary N) is 2. The monoisotopic (exact) mass is 436 g/mol. The van der Waals surface area contributed by atoms with E-state index in [-0.39, 0.29) is 30.3 Å². The average molecular weight is 436 g/mol. The van der Waals surface area contributed by atoms with Gasteiger partial charge in [-0.3, -0.25) is 9.59 Å². The van der Waals surface area contributed by atoms with Crippen LogP contribution in [0.4, 0.5) is 5.69 Å². The number of rotatable bonds is 5. The Balaban J connectivity index is 1.49. The lowest BCUT2D eigenvalue weighted by Crippen LogP contribution is -2.35. The summed E-state index contributed by atoms with van der Waals surface area (Å²) in [6.45, 7) is -2.79. The number of carbonyl (C=O) groups excluding carboxylic acids is 2. The van der Waals surface area contributed by atoms with Crippen molar-refractivity contribution >= 4 is 17.5 Å². The summed E-state index contributed by atoms with van der Waals surface area (Å²) in [5, 5.41) is 14.9. The summed E-state index contributed by atoms with van der Waals surface area (Å²) in [7, 11) is 0. The summed E-state index contributed by atoms with van der Waals surface area (Å²) in [6.07, 6.45) is 1.83. The molecule has 0 bridgehead atoms. The molecule has 2 aromatic heterocycles. The van der Waals surface area contributed by atoms with E-state index in [1.54, 1.807) is 18.2 Å². The molecule has 1 atom stereocenters. The van der Waals surface area contributed by atoms with Crippen LogP contribution in [0, 0.1) is 0 Å². The van der Waals surface area contributed by atoms with Gasteiger partial charge < -0.3 is 26.0 Å². The van der Waals surface area contributed by atoms with Gasteiger partial charge in [0.1, 0.15) is 5.69 Å². The van der Waals surface area contributed by atoms with Gasteiger partial charge in [0.25, 0.3) is 11.8 Å². The van der Waals surface area contributed by atoms with Crippen molar-refractivity contribution in [2.75, 3.05) is 19.3 Å². The van der Waals surface area contributed by atoms with Gasteiger partial charge in [0.2, 0.25) is 5.60 Å².